The van der Waals surface area contributed by atoms with Gasteiger partial charge in [0.15, 0.2) is 5.82 Å². The molecule has 0 atom stereocenters. The molecule has 0 unspecified atom stereocenters. The molecule has 0 aliphatic carbocycles. The van der Waals surface area contributed by atoms with Gasteiger partial charge >= 0.3 is 0 Å². The molecule has 0 saturated carbocycles. The van der Waals surface area contributed by atoms with Gasteiger partial charge in [-0.3, -0.25) is 0 Å². The van der Waals surface area contributed by atoms with Gasteiger partial charge < -0.3 is 0 Å². The molecule has 0 bridgehead atoms. The van der Waals surface area contributed by atoms with Crippen molar-refractivity contribution in [1.29, 1.82) is 0 Å². The predicted molar refractivity (Wildman–Crippen MR) is 191 cm³/mol. The summed E-state index contributed by atoms with van der Waals surface area (Å²) in [4.78, 5) is 9.89. The van der Waals surface area contributed by atoms with Gasteiger partial charge in [-0.2, -0.15) is 0 Å². The van der Waals surface area contributed by atoms with E-state index in [1.807, 2.05) is 43.3 Å². The first-order valence-electron chi connectivity index (χ1n) is 15.2. The van der Waals surface area contributed by atoms with Gasteiger partial charge in [-0.15, -0.1) is 0 Å². The van der Waals surface area contributed by atoms with E-state index in [-0.39, 0.29) is 0 Å². The third-order valence-electron chi connectivity index (χ3n) is 8.24. The van der Waals surface area contributed by atoms with Crippen molar-refractivity contribution in [3.63, 3.8) is 0 Å². The molecule has 45 heavy (non-hydrogen) atoms. The fourth-order valence-electron chi connectivity index (χ4n) is 5.78. The second-order valence-electron chi connectivity index (χ2n) is 11.1. The van der Waals surface area contributed by atoms with Crippen LogP contribution < -0.4 is 0 Å². The van der Waals surface area contributed by atoms with Crippen LogP contribution >= 0.6 is 0 Å². The Morgan fingerprint density at radius 2 is 0.978 bits per heavy atom. The zero-order valence-electron chi connectivity index (χ0n) is 25.2. The first kappa shape index (κ1) is 27.9. The van der Waals surface area contributed by atoms with Crippen molar-refractivity contribution in [3.05, 3.63) is 176 Å². The number of nitrogens with zero attached hydrogens (tertiary/aromatic N) is 2. The second kappa shape index (κ2) is 12.4. The summed E-state index contributed by atoms with van der Waals surface area (Å²) in [6.45, 7) is 5.99. The van der Waals surface area contributed by atoms with E-state index in [4.69, 9.17) is 9.97 Å². The Labute approximate surface area is 264 Å². The first-order chi connectivity index (χ1) is 22.2. The Bertz CT molecular complexity index is 2160. The molecule has 1 heterocycles. The van der Waals surface area contributed by atoms with Crippen LogP contribution in [0.15, 0.2) is 170 Å². The van der Waals surface area contributed by atoms with Crippen LogP contribution in [0.2, 0.25) is 0 Å². The molecule has 2 nitrogen and oxygen atoms in total. The maximum Gasteiger partial charge on any atom is 0.160 e. The molecule has 0 fully saturated rings. The standard InChI is InChI=1S/C43H32N2/c1-3-30(4-2)41-29-42(34-14-9-6-10-15-34)45-43(44-41)35-22-18-32(19-23-35)38-24-20-33-21-25-39(28-40(33)27-38)37-17-11-16-36(26-37)31-12-7-5-8-13-31/h3-29H,1H2,2H3/b30-4+. The fourth-order valence-corrected chi connectivity index (χ4v) is 5.78. The molecule has 1 aromatic heterocycles. The van der Waals surface area contributed by atoms with Crippen LogP contribution in [-0.4, -0.2) is 9.97 Å². The molecule has 0 aliphatic heterocycles. The minimum absolute atomic E-state index is 0.694. The van der Waals surface area contributed by atoms with E-state index in [0.29, 0.717) is 5.82 Å². The van der Waals surface area contributed by atoms with Crippen molar-refractivity contribution in [2.75, 3.05) is 0 Å². The van der Waals surface area contributed by atoms with E-state index in [1.54, 1.807) is 0 Å². The molecule has 0 radical (unpaired) electrons. The van der Waals surface area contributed by atoms with E-state index in [2.05, 4.69) is 134 Å². The van der Waals surface area contributed by atoms with Crippen molar-refractivity contribution in [1.82, 2.24) is 9.97 Å². The van der Waals surface area contributed by atoms with Crippen LogP contribution in [0.4, 0.5) is 0 Å². The number of hydrogen-bond acceptors (Lipinski definition) is 2. The summed E-state index contributed by atoms with van der Waals surface area (Å²) in [7, 11) is 0. The summed E-state index contributed by atoms with van der Waals surface area (Å²) in [5.74, 6) is 0.694. The van der Waals surface area contributed by atoms with E-state index >= 15 is 0 Å². The summed E-state index contributed by atoms with van der Waals surface area (Å²) < 4.78 is 0. The highest BCUT2D eigenvalue weighted by Gasteiger charge is 2.11. The van der Waals surface area contributed by atoms with Gasteiger partial charge in [-0.25, -0.2) is 9.97 Å². The van der Waals surface area contributed by atoms with Crippen LogP contribution in [0, 0.1) is 0 Å². The van der Waals surface area contributed by atoms with Crippen molar-refractivity contribution in [2.24, 2.45) is 0 Å². The molecule has 0 saturated heterocycles. The van der Waals surface area contributed by atoms with Gasteiger partial charge in [0.2, 0.25) is 0 Å². The normalized spacial score (nSPS) is 11.4. The molecule has 6 aromatic carbocycles. The molecule has 0 spiro atoms. The molecule has 0 aliphatic rings. The minimum Gasteiger partial charge on any atom is -0.228 e. The van der Waals surface area contributed by atoms with Crippen molar-refractivity contribution in [2.45, 2.75) is 6.92 Å². The summed E-state index contributed by atoms with van der Waals surface area (Å²) in [5.41, 5.74) is 11.9. The highest BCUT2D eigenvalue weighted by atomic mass is 14.9. The third kappa shape index (κ3) is 5.87. The lowest BCUT2D eigenvalue weighted by Gasteiger charge is -2.11. The van der Waals surface area contributed by atoms with Gasteiger partial charge in [-0.1, -0.05) is 146 Å². The summed E-state index contributed by atoms with van der Waals surface area (Å²) in [6.07, 6.45) is 3.87. The number of benzene rings is 6. The van der Waals surface area contributed by atoms with E-state index in [1.165, 1.54) is 38.6 Å². The topological polar surface area (TPSA) is 25.8 Å². The van der Waals surface area contributed by atoms with E-state index in [9.17, 15) is 0 Å². The van der Waals surface area contributed by atoms with Crippen LogP contribution in [0.5, 0.6) is 0 Å². The highest BCUT2D eigenvalue weighted by Crippen LogP contribution is 2.32. The minimum atomic E-state index is 0.694. The number of aromatic nitrogens is 2. The maximum atomic E-state index is 4.96. The maximum absolute atomic E-state index is 4.96. The predicted octanol–water partition coefficient (Wildman–Crippen LogP) is 11.6. The lowest BCUT2D eigenvalue weighted by Crippen LogP contribution is -1.97. The molecule has 0 amide bonds. The summed E-state index contributed by atoms with van der Waals surface area (Å²) >= 11 is 0. The van der Waals surface area contributed by atoms with Gasteiger partial charge in [-0.05, 0) is 80.9 Å². The third-order valence-corrected chi connectivity index (χ3v) is 8.24. The number of rotatable bonds is 7. The van der Waals surface area contributed by atoms with Crippen molar-refractivity contribution in [3.8, 4) is 56.0 Å². The van der Waals surface area contributed by atoms with Crippen LogP contribution in [-0.2, 0) is 0 Å². The van der Waals surface area contributed by atoms with Crippen molar-refractivity contribution >= 4 is 16.3 Å². The van der Waals surface area contributed by atoms with Crippen LogP contribution in [0.3, 0.4) is 0 Å². The Balaban J connectivity index is 1.22. The van der Waals surface area contributed by atoms with E-state index < -0.39 is 0 Å². The molecule has 0 N–H and O–H groups in total. The summed E-state index contributed by atoms with van der Waals surface area (Å²) in [6, 6.07) is 53.5. The van der Waals surface area contributed by atoms with E-state index in [0.717, 1.165) is 33.7 Å². The van der Waals surface area contributed by atoms with Gasteiger partial charge in [0, 0.05) is 11.1 Å². The largest absolute Gasteiger partial charge is 0.228 e. The van der Waals surface area contributed by atoms with Crippen molar-refractivity contribution < 1.29 is 0 Å². The smallest absolute Gasteiger partial charge is 0.160 e. The number of allylic oxidation sites excluding steroid dienone is 3. The first-order valence-corrected chi connectivity index (χ1v) is 15.2. The molecule has 2 heteroatoms. The Morgan fingerprint density at radius 3 is 1.62 bits per heavy atom. The molecule has 7 aromatic rings. The zero-order chi connectivity index (χ0) is 30.6. The zero-order valence-corrected chi connectivity index (χ0v) is 25.2. The fraction of sp³-hybridized carbons (Fsp3) is 0.0233. The number of hydrogen-bond donors (Lipinski definition) is 0. The molecule has 214 valence electrons. The molecular formula is C43H32N2. The summed E-state index contributed by atoms with van der Waals surface area (Å²) in [5, 5.41) is 2.44. The van der Waals surface area contributed by atoms with Gasteiger partial charge in [0.05, 0.1) is 11.4 Å². The lowest BCUT2D eigenvalue weighted by molar-refractivity contribution is 1.16. The lowest BCUT2D eigenvalue weighted by atomic mass is 9.95. The van der Waals surface area contributed by atoms with Gasteiger partial charge in [0.1, 0.15) is 0 Å². The Morgan fingerprint density at radius 1 is 0.467 bits per heavy atom. The SMILES string of the molecule is C=C/C(=C\C)c1cc(-c2ccccc2)nc(-c2ccc(-c3ccc4ccc(-c5cccc(-c6ccccc6)c5)cc4c3)cc2)n1. The highest BCUT2D eigenvalue weighted by molar-refractivity contribution is 5.91. The van der Waals surface area contributed by atoms with Crippen LogP contribution in [0.25, 0.3) is 72.4 Å². The Hall–Kier alpha value is -5.86. The average molecular weight is 577 g/mol. The second-order valence-corrected chi connectivity index (χ2v) is 11.1. The monoisotopic (exact) mass is 576 g/mol. The molecule has 7 rings (SSSR count). The number of fused-ring (bicyclic) bond motifs is 1. The van der Waals surface area contributed by atoms with Crippen LogP contribution in [0.1, 0.15) is 12.6 Å². The quantitative estimate of drug-likeness (QED) is 0.176. The van der Waals surface area contributed by atoms with Gasteiger partial charge in [0.25, 0.3) is 0 Å². The Kier molecular flexibility index (Phi) is 7.70. The average Bonchev–Trinajstić information content (AvgIpc) is 3.12. The molecular weight excluding hydrogens is 544 g/mol.